The Labute approximate surface area is 60.4 Å². The van der Waals surface area contributed by atoms with Gasteiger partial charge in [0, 0.05) is 18.4 Å². The van der Waals surface area contributed by atoms with E-state index >= 15 is 0 Å². The summed E-state index contributed by atoms with van der Waals surface area (Å²) in [6.45, 7) is 0. The van der Waals surface area contributed by atoms with E-state index in [9.17, 15) is 0 Å². The normalized spacial score (nSPS) is 20.9. The highest BCUT2D eigenvalue weighted by Crippen LogP contribution is 2.39. The molecular formula is C8H12N2. The van der Waals surface area contributed by atoms with Gasteiger partial charge in [0.25, 0.3) is 0 Å². The molecule has 1 saturated carbocycles. The maximum atomic E-state index is 5.92. The zero-order valence-electron chi connectivity index (χ0n) is 5.88. The fraction of sp³-hybridized carbons (Fsp3) is 0.500. The van der Waals surface area contributed by atoms with Crippen molar-refractivity contribution in [2.24, 2.45) is 11.7 Å². The van der Waals surface area contributed by atoms with E-state index in [4.69, 9.17) is 5.73 Å². The van der Waals surface area contributed by atoms with Crippen LogP contribution < -0.4 is 5.73 Å². The third kappa shape index (κ3) is 0.948. The highest BCUT2D eigenvalue weighted by molar-refractivity contribution is 5.15. The van der Waals surface area contributed by atoms with Gasteiger partial charge in [0.05, 0.1) is 0 Å². The summed E-state index contributed by atoms with van der Waals surface area (Å²) in [5.74, 6) is 0.760. The molecular weight excluding hydrogens is 124 g/mol. The second kappa shape index (κ2) is 2.13. The van der Waals surface area contributed by atoms with Crippen molar-refractivity contribution in [2.45, 2.75) is 18.9 Å². The quantitative estimate of drug-likeness (QED) is 0.634. The van der Waals surface area contributed by atoms with Crippen molar-refractivity contribution in [3.8, 4) is 0 Å². The van der Waals surface area contributed by atoms with E-state index in [0.29, 0.717) is 0 Å². The van der Waals surface area contributed by atoms with Crippen LogP contribution in [0.15, 0.2) is 18.5 Å². The maximum absolute atomic E-state index is 5.92. The van der Waals surface area contributed by atoms with Crippen LogP contribution in [0.2, 0.25) is 0 Å². The monoisotopic (exact) mass is 136 g/mol. The Kier molecular flexibility index (Phi) is 1.27. The van der Waals surface area contributed by atoms with Crippen LogP contribution in [0.5, 0.6) is 0 Å². The minimum atomic E-state index is 0.284. The van der Waals surface area contributed by atoms with Gasteiger partial charge in [-0.2, -0.15) is 0 Å². The minimum absolute atomic E-state index is 0.284. The first kappa shape index (κ1) is 5.98. The summed E-state index contributed by atoms with van der Waals surface area (Å²) in [7, 11) is 0. The van der Waals surface area contributed by atoms with Gasteiger partial charge in [-0.25, -0.2) is 0 Å². The second-order valence-electron chi connectivity index (χ2n) is 3.01. The molecule has 1 fully saturated rings. The molecule has 0 radical (unpaired) electrons. The first-order chi connectivity index (χ1) is 4.88. The second-order valence-corrected chi connectivity index (χ2v) is 3.01. The molecule has 3 N–H and O–H groups in total. The summed E-state index contributed by atoms with van der Waals surface area (Å²) in [5.41, 5.74) is 7.18. The van der Waals surface area contributed by atoms with E-state index in [2.05, 4.69) is 11.1 Å². The van der Waals surface area contributed by atoms with Crippen LogP contribution in [0, 0.1) is 5.92 Å². The number of aromatic nitrogens is 1. The van der Waals surface area contributed by atoms with Gasteiger partial charge < -0.3 is 10.7 Å². The molecule has 1 atom stereocenters. The summed E-state index contributed by atoms with van der Waals surface area (Å²) in [6, 6.07) is 2.34. The number of H-pyrrole nitrogens is 1. The van der Waals surface area contributed by atoms with E-state index in [-0.39, 0.29) is 6.04 Å². The van der Waals surface area contributed by atoms with E-state index in [1.165, 1.54) is 18.4 Å². The van der Waals surface area contributed by atoms with Gasteiger partial charge in [-0.15, -0.1) is 0 Å². The molecule has 54 valence electrons. The summed E-state index contributed by atoms with van der Waals surface area (Å²) >= 11 is 0. The Morgan fingerprint density at radius 1 is 1.60 bits per heavy atom. The molecule has 0 amide bonds. The lowest BCUT2D eigenvalue weighted by Crippen LogP contribution is -2.10. The van der Waals surface area contributed by atoms with Gasteiger partial charge in [0.1, 0.15) is 0 Å². The molecule has 1 aromatic heterocycles. The van der Waals surface area contributed by atoms with Crippen molar-refractivity contribution in [1.82, 2.24) is 4.98 Å². The first-order valence-corrected chi connectivity index (χ1v) is 3.76. The van der Waals surface area contributed by atoms with Gasteiger partial charge in [0.15, 0.2) is 0 Å². The van der Waals surface area contributed by atoms with Gasteiger partial charge in [-0.3, -0.25) is 0 Å². The molecule has 1 heterocycles. The molecule has 0 aliphatic heterocycles. The minimum Gasteiger partial charge on any atom is -0.367 e. The van der Waals surface area contributed by atoms with Gasteiger partial charge in [0.2, 0.25) is 0 Å². The molecule has 10 heavy (non-hydrogen) atoms. The van der Waals surface area contributed by atoms with E-state index in [0.717, 1.165) is 5.92 Å². The largest absolute Gasteiger partial charge is 0.367 e. The molecule has 2 heteroatoms. The predicted octanol–water partition coefficient (Wildman–Crippen LogP) is 1.42. The number of nitrogens with one attached hydrogen (secondary N) is 1. The van der Waals surface area contributed by atoms with Crippen molar-refractivity contribution in [2.75, 3.05) is 0 Å². The Morgan fingerprint density at radius 2 is 2.40 bits per heavy atom. The number of rotatable bonds is 2. The van der Waals surface area contributed by atoms with Crippen LogP contribution in [0.4, 0.5) is 0 Å². The van der Waals surface area contributed by atoms with Crippen molar-refractivity contribution in [3.05, 3.63) is 24.0 Å². The zero-order valence-corrected chi connectivity index (χ0v) is 5.88. The van der Waals surface area contributed by atoms with Gasteiger partial charge >= 0.3 is 0 Å². The fourth-order valence-electron chi connectivity index (χ4n) is 1.27. The third-order valence-corrected chi connectivity index (χ3v) is 2.14. The third-order valence-electron chi connectivity index (χ3n) is 2.14. The molecule has 1 unspecified atom stereocenters. The molecule has 1 aliphatic rings. The van der Waals surface area contributed by atoms with Crippen LogP contribution in [0.3, 0.4) is 0 Å². The summed E-state index contributed by atoms with van der Waals surface area (Å²) < 4.78 is 0. The average Bonchev–Trinajstić information content (AvgIpc) is 2.65. The SMILES string of the molecule is NC(c1cc[nH]c1)C1CC1. The molecule has 2 nitrogen and oxygen atoms in total. The molecule has 2 rings (SSSR count). The molecule has 0 spiro atoms. The number of nitrogens with two attached hydrogens (primary N) is 1. The smallest absolute Gasteiger partial charge is 0.0338 e. The van der Waals surface area contributed by atoms with E-state index in [1.807, 2.05) is 12.4 Å². The standard InChI is InChI=1S/C8H12N2/c9-8(6-1-2-6)7-3-4-10-5-7/h3-6,8,10H,1-2,9H2. The molecule has 0 bridgehead atoms. The maximum Gasteiger partial charge on any atom is 0.0338 e. The lowest BCUT2D eigenvalue weighted by atomic mass is 10.1. The lowest BCUT2D eigenvalue weighted by molar-refractivity contribution is 0.634. The molecule has 0 saturated heterocycles. The molecule has 1 aromatic rings. The number of hydrogen-bond acceptors (Lipinski definition) is 1. The van der Waals surface area contributed by atoms with E-state index in [1.54, 1.807) is 0 Å². The zero-order chi connectivity index (χ0) is 6.97. The van der Waals surface area contributed by atoms with Crippen LogP contribution in [0.25, 0.3) is 0 Å². The number of aromatic amines is 1. The Bertz CT molecular complexity index is 199. The van der Waals surface area contributed by atoms with E-state index < -0.39 is 0 Å². The lowest BCUT2D eigenvalue weighted by Gasteiger charge is -2.05. The van der Waals surface area contributed by atoms with Gasteiger partial charge in [-0.05, 0) is 30.4 Å². The predicted molar refractivity (Wildman–Crippen MR) is 40.4 cm³/mol. The summed E-state index contributed by atoms with van der Waals surface area (Å²) in [5, 5.41) is 0. The summed E-state index contributed by atoms with van der Waals surface area (Å²) in [4.78, 5) is 3.01. The highest BCUT2D eigenvalue weighted by atomic mass is 14.7. The molecule has 1 aliphatic carbocycles. The topological polar surface area (TPSA) is 41.8 Å². The Hall–Kier alpha value is -0.760. The van der Waals surface area contributed by atoms with Gasteiger partial charge in [-0.1, -0.05) is 0 Å². The Balaban J connectivity index is 2.11. The van der Waals surface area contributed by atoms with Crippen LogP contribution in [0.1, 0.15) is 24.4 Å². The fourth-order valence-corrected chi connectivity index (χ4v) is 1.27. The summed E-state index contributed by atoms with van der Waals surface area (Å²) in [6.07, 6.45) is 6.54. The Morgan fingerprint density at radius 3 is 2.90 bits per heavy atom. The first-order valence-electron chi connectivity index (χ1n) is 3.76. The van der Waals surface area contributed by atoms with Crippen LogP contribution in [-0.2, 0) is 0 Å². The van der Waals surface area contributed by atoms with Crippen molar-refractivity contribution >= 4 is 0 Å². The van der Waals surface area contributed by atoms with Crippen molar-refractivity contribution < 1.29 is 0 Å². The number of hydrogen-bond donors (Lipinski definition) is 2. The van der Waals surface area contributed by atoms with Crippen molar-refractivity contribution in [1.29, 1.82) is 0 Å². The highest BCUT2D eigenvalue weighted by Gasteiger charge is 2.29. The average molecular weight is 136 g/mol. The molecule has 0 aromatic carbocycles. The van der Waals surface area contributed by atoms with Crippen molar-refractivity contribution in [3.63, 3.8) is 0 Å². The van der Waals surface area contributed by atoms with Crippen LogP contribution >= 0.6 is 0 Å². The van der Waals surface area contributed by atoms with Crippen LogP contribution in [-0.4, -0.2) is 4.98 Å².